The number of hydrogen-bond acceptors (Lipinski definition) is 2. The van der Waals surface area contributed by atoms with Gasteiger partial charge in [-0.1, -0.05) is 31.4 Å². The number of primary amides is 1. The molecular formula is C16H23FN2O. The van der Waals surface area contributed by atoms with Crippen LogP contribution in [0.4, 0.5) is 4.39 Å². The quantitative estimate of drug-likeness (QED) is 0.869. The molecule has 0 bridgehead atoms. The maximum absolute atomic E-state index is 13.1. The lowest BCUT2D eigenvalue weighted by Gasteiger charge is -2.39. The van der Waals surface area contributed by atoms with Crippen LogP contribution in [-0.4, -0.2) is 18.5 Å². The van der Waals surface area contributed by atoms with Crippen molar-refractivity contribution in [2.45, 2.75) is 50.5 Å². The molecule has 1 aromatic carbocycles. The third-order valence-electron chi connectivity index (χ3n) is 4.44. The normalized spacial score (nSPS) is 19.5. The topological polar surface area (TPSA) is 55.1 Å². The van der Waals surface area contributed by atoms with Crippen molar-refractivity contribution in [2.24, 2.45) is 5.73 Å². The molecule has 0 aromatic heterocycles. The fraction of sp³-hybridized carbons (Fsp3) is 0.562. The van der Waals surface area contributed by atoms with Crippen LogP contribution in [0.25, 0.3) is 0 Å². The lowest BCUT2D eigenvalue weighted by molar-refractivity contribution is -0.119. The highest BCUT2D eigenvalue weighted by molar-refractivity contribution is 5.79. The Kier molecular flexibility index (Phi) is 4.76. The number of amides is 1. The summed E-state index contributed by atoms with van der Waals surface area (Å²) in [6.45, 7) is 2.49. The van der Waals surface area contributed by atoms with E-state index in [1.54, 1.807) is 6.92 Å². The maximum atomic E-state index is 13.1. The molecule has 1 amide bonds. The van der Waals surface area contributed by atoms with Gasteiger partial charge in [0.1, 0.15) is 5.82 Å². The van der Waals surface area contributed by atoms with Crippen molar-refractivity contribution >= 4 is 5.91 Å². The molecular weight excluding hydrogens is 255 g/mol. The monoisotopic (exact) mass is 278 g/mol. The predicted molar refractivity (Wildman–Crippen MR) is 77.8 cm³/mol. The van der Waals surface area contributed by atoms with Gasteiger partial charge in [-0.2, -0.15) is 0 Å². The summed E-state index contributed by atoms with van der Waals surface area (Å²) in [5.74, 6) is -0.548. The summed E-state index contributed by atoms with van der Waals surface area (Å²) in [5, 5.41) is 3.24. The van der Waals surface area contributed by atoms with Gasteiger partial charge in [0.2, 0.25) is 5.91 Å². The van der Waals surface area contributed by atoms with Crippen LogP contribution in [-0.2, 0) is 10.2 Å². The first-order chi connectivity index (χ1) is 9.53. The highest BCUT2D eigenvalue weighted by Crippen LogP contribution is 2.39. The summed E-state index contributed by atoms with van der Waals surface area (Å²) in [4.78, 5) is 11.2. The van der Waals surface area contributed by atoms with Crippen molar-refractivity contribution < 1.29 is 9.18 Å². The molecule has 0 aliphatic heterocycles. The molecule has 0 saturated heterocycles. The van der Waals surface area contributed by atoms with Gasteiger partial charge in [-0.25, -0.2) is 4.39 Å². The van der Waals surface area contributed by atoms with Gasteiger partial charge in [0.05, 0.1) is 6.04 Å². The van der Waals surface area contributed by atoms with E-state index in [-0.39, 0.29) is 23.2 Å². The molecule has 1 fully saturated rings. The molecule has 4 heteroatoms. The van der Waals surface area contributed by atoms with Gasteiger partial charge in [0.15, 0.2) is 0 Å². The number of nitrogens with two attached hydrogens (primary N) is 1. The maximum Gasteiger partial charge on any atom is 0.234 e. The zero-order chi connectivity index (χ0) is 14.6. The molecule has 0 spiro atoms. The van der Waals surface area contributed by atoms with E-state index in [4.69, 9.17) is 5.73 Å². The van der Waals surface area contributed by atoms with Crippen molar-refractivity contribution in [1.29, 1.82) is 0 Å². The van der Waals surface area contributed by atoms with E-state index < -0.39 is 0 Å². The smallest absolute Gasteiger partial charge is 0.234 e. The van der Waals surface area contributed by atoms with Crippen LogP contribution in [0.3, 0.4) is 0 Å². The number of halogens is 1. The molecule has 1 aromatic rings. The number of nitrogens with one attached hydrogen (secondary N) is 1. The first-order valence-corrected chi connectivity index (χ1v) is 7.32. The molecule has 2 rings (SSSR count). The van der Waals surface area contributed by atoms with Crippen LogP contribution in [0.2, 0.25) is 0 Å². The molecule has 3 nitrogen and oxygen atoms in total. The van der Waals surface area contributed by atoms with E-state index >= 15 is 0 Å². The summed E-state index contributed by atoms with van der Waals surface area (Å²) in [7, 11) is 0. The number of carbonyl (C=O) groups is 1. The fourth-order valence-corrected chi connectivity index (χ4v) is 3.05. The minimum Gasteiger partial charge on any atom is -0.368 e. The van der Waals surface area contributed by atoms with Crippen LogP contribution in [0.15, 0.2) is 24.3 Å². The molecule has 1 saturated carbocycles. The highest BCUT2D eigenvalue weighted by atomic mass is 19.1. The Hall–Kier alpha value is -1.42. The van der Waals surface area contributed by atoms with Crippen LogP contribution < -0.4 is 11.1 Å². The standard InChI is InChI=1S/C16H23FN2O/c1-12(15(18)20)19-11-16(9-3-2-4-10-16)13-5-7-14(17)8-6-13/h5-8,12,19H,2-4,9-11H2,1H3,(H2,18,20). The first kappa shape index (κ1) is 15.0. The van der Waals surface area contributed by atoms with Crippen molar-refractivity contribution in [3.8, 4) is 0 Å². The Labute approximate surface area is 119 Å². The van der Waals surface area contributed by atoms with E-state index in [1.807, 2.05) is 12.1 Å². The minimum atomic E-state index is -0.339. The van der Waals surface area contributed by atoms with Crippen LogP contribution in [0.1, 0.15) is 44.6 Å². The summed E-state index contributed by atoms with van der Waals surface area (Å²) >= 11 is 0. The van der Waals surface area contributed by atoms with E-state index in [1.165, 1.54) is 31.4 Å². The zero-order valence-corrected chi connectivity index (χ0v) is 12.0. The van der Waals surface area contributed by atoms with Gasteiger partial charge < -0.3 is 11.1 Å². The third kappa shape index (κ3) is 3.37. The van der Waals surface area contributed by atoms with Gasteiger partial charge >= 0.3 is 0 Å². The van der Waals surface area contributed by atoms with Gasteiger partial charge in [0.25, 0.3) is 0 Å². The van der Waals surface area contributed by atoms with Gasteiger partial charge in [-0.3, -0.25) is 4.79 Å². The average molecular weight is 278 g/mol. The highest BCUT2D eigenvalue weighted by Gasteiger charge is 2.34. The van der Waals surface area contributed by atoms with Crippen molar-refractivity contribution in [3.05, 3.63) is 35.6 Å². The number of benzene rings is 1. The fourth-order valence-electron chi connectivity index (χ4n) is 3.05. The van der Waals surface area contributed by atoms with Crippen LogP contribution in [0.5, 0.6) is 0 Å². The molecule has 1 aliphatic carbocycles. The molecule has 1 atom stereocenters. The molecule has 0 heterocycles. The van der Waals surface area contributed by atoms with E-state index in [0.29, 0.717) is 6.54 Å². The molecule has 3 N–H and O–H groups in total. The second kappa shape index (κ2) is 6.35. The molecule has 110 valence electrons. The number of carbonyl (C=O) groups excluding carboxylic acids is 1. The molecule has 0 radical (unpaired) electrons. The van der Waals surface area contributed by atoms with Crippen molar-refractivity contribution in [1.82, 2.24) is 5.32 Å². The van der Waals surface area contributed by atoms with E-state index in [0.717, 1.165) is 18.4 Å². The lowest BCUT2D eigenvalue weighted by atomic mass is 9.69. The average Bonchev–Trinajstić information content (AvgIpc) is 2.46. The largest absolute Gasteiger partial charge is 0.368 e. The number of hydrogen-bond donors (Lipinski definition) is 2. The zero-order valence-electron chi connectivity index (χ0n) is 12.0. The first-order valence-electron chi connectivity index (χ1n) is 7.32. The second-order valence-electron chi connectivity index (χ2n) is 5.85. The van der Waals surface area contributed by atoms with Crippen LogP contribution in [0, 0.1) is 5.82 Å². The summed E-state index contributed by atoms with van der Waals surface area (Å²) in [5.41, 5.74) is 6.45. The summed E-state index contributed by atoms with van der Waals surface area (Å²) in [6, 6.07) is 6.44. The van der Waals surface area contributed by atoms with Crippen LogP contribution >= 0.6 is 0 Å². The summed E-state index contributed by atoms with van der Waals surface area (Å²) in [6.07, 6.45) is 5.72. The Morgan fingerprint density at radius 2 is 1.90 bits per heavy atom. The molecule has 20 heavy (non-hydrogen) atoms. The predicted octanol–water partition coefficient (Wildman–Crippen LogP) is 2.49. The SMILES string of the molecule is CC(NCC1(c2ccc(F)cc2)CCCCC1)C(N)=O. The van der Waals surface area contributed by atoms with Crippen molar-refractivity contribution in [2.75, 3.05) is 6.54 Å². The van der Waals surface area contributed by atoms with E-state index in [9.17, 15) is 9.18 Å². The second-order valence-corrected chi connectivity index (χ2v) is 5.85. The molecule has 1 unspecified atom stereocenters. The van der Waals surface area contributed by atoms with Gasteiger partial charge in [-0.05, 0) is 37.5 Å². The Morgan fingerprint density at radius 3 is 2.45 bits per heavy atom. The lowest BCUT2D eigenvalue weighted by Crippen LogP contribution is -2.47. The van der Waals surface area contributed by atoms with E-state index in [2.05, 4.69) is 5.32 Å². The van der Waals surface area contributed by atoms with Gasteiger partial charge in [-0.15, -0.1) is 0 Å². The third-order valence-corrected chi connectivity index (χ3v) is 4.44. The molecule has 1 aliphatic rings. The summed E-state index contributed by atoms with van der Waals surface area (Å²) < 4.78 is 13.1. The number of rotatable bonds is 5. The van der Waals surface area contributed by atoms with Crippen molar-refractivity contribution in [3.63, 3.8) is 0 Å². The Bertz CT molecular complexity index is 452. The Balaban J connectivity index is 2.17. The Morgan fingerprint density at radius 1 is 1.30 bits per heavy atom. The minimum absolute atomic E-state index is 0.00431. The van der Waals surface area contributed by atoms with Gasteiger partial charge in [0, 0.05) is 12.0 Å².